The fourth-order valence-corrected chi connectivity index (χ4v) is 4.29. The van der Waals surface area contributed by atoms with Gasteiger partial charge >= 0.3 is 11.4 Å². The van der Waals surface area contributed by atoms with Gasteiger partial charge in [-0.3, -0.25) is 19.2 Å². The molecule has 1 aliphatic rings. The molecule has 0 saturated heterocycles. The topological polar surface area (TPSA) is 61.2 Å². The molecule has 1 aliphatic heterocycles. The summed E-state index contributed by atoms with van der Waals surface area (Å²) in [7, 11) is 0. The maximum atomic E-state index is 12.6. The van der Waals surface area contributed by atoms with Crippen LogP contribution in [0.3, 0.4) is 0 Å². The van der Waals surface area contributed by atoms with Crippen LogP contribution in [-0.2, 0) is 6.18 Å². The van der Waals surface area contributed by atoms with Crippen molar-refractivity contribution in [3.8, 4) is 11.1 Å². The van der Waals surface area contributed by atoms with E-state index < -0.39 is 22.9 Å². The van der Waals surface area contributed by atoms with Crippen LogP contribution in [-0.4, -0.2) is 11.1 Å². The van der Waals surface area contributed by atoms with E-state index in [0.717, 1.165) is 46.8 Å². The number of nitrogens with one attached hydrogen (secondary N) is 2. The van der Waals surface area contributed by atoms with Crippen LogP contribution in [0, 0.1) is 0 Å². The second kappa shape index (κ2) is 8.66. The smallest absolute Gasteiger partial charge is 0.282 e. The van der Waals surface area contributed by atoms with Crippen LogP contribution in [0.2, 0.25) is 0 Å². The molecule has 2 amide bonds. The summed E-state index contributed by atoms with van der Waals surface area (Å²) in [5, 5.41) is 1.44. The normalized spacial score (nSPS) is 12.3. The molecule has 0 atom stereocenters. The summed E-state index contributed by atoms with van der Waals surface area (Å²) in [6, 6.07) is 19.4. The van der Waals surface area contributed by atoms with Gasteiger partial charge in [-0.1, -0.05) is 42.5 Å². The summed E-state index contributed by atoms with van der Waals surface area (Å²) in [6.45, 7) is 0. The quantitative estimate of drug-likeness (QED) is 0.350. The van der Waals surface area contributed by atoms with Crippen LogP contribution >= 0.6 is 24.1 Å². The summed E-state index contributed by atoms with van der Waals surface area (Å²) >= 11 is 1.85. The molecule has 0 spiro atoms. The highest BCUT2D eigenvalue weighted by Gasteiger charge is 2.34. The lowest BCUT2D eigenvalue weighted by molar-refractivity contribution is -0.137. The molecule has 2 N–H and O–H groups in total. The maximum absolute atomic E-state index is 12.6. The first-order valence-corrected chi connectivity index (χ1v) is 10.5. The first-order chi connectivity index (χ1) is 14.8. The molecule has 0 aromatic heterocycles. The monoisotopic (exact) mass is 461 g/mol. The third kappa shape index (κ3) is 4.87. The van der Waals surface area contributed by atoms with E-state index in [1.807, 2.05) is 52.8 Å². The second-order valence-electron chi connectivity index (χ2n) is 6.43. The van der Waals surface area contributed by atoms with Gasteiger partial charge in [-0.15, -0.1) is 0 Å². The zero-order valence-corrected chi connectivity index (χ0v) is 17.3. The fraction of sp³-hybridized carbons (Fsp3) is 0.0476. The predicted octanol–water partition coefficient (Wildman–Crippen LogP) is 6.17. The highest BCUT2D eigenvalue weighted by molar-refractivity contribution is 8.21. The van der Waals surface area contributed by atoms with Gasteiger partial charge in [0.1, 0.15) is 0 Å². The standard InChI is InChI=1S/C21H14F3N3O2S2/c22-21(23,24)15-11-9-14(10-12-15)19(28)25-20(29)30-26-31-27-17-8-4-7-16(18(17)27)13-5-2-1-3-6-13/h1-12,26H,(H,25,28,29). The zero-order chi connectivity index (χ0) is 22.0. The van der Waals surface area contributed by atoms with Crippen molar-refractivity contribution >= 4 is 46.6 Å². The molecule has 5 nitrogen and oxygen atoms in total. The lowest BCUT2D eigenvalue weighted by atomic mass is 10.1. The average Bonchev–Trinajstić information content (AvgIpc) is 3.47. The Bertz CT molecular complexity index is 1120. The molecule has 158 valence electrons. The van der Waals surface area contributed by atoms with Crippen LogP contribution in [0.5, 0.6) is 0 Å². The number of fused-ring (bicyclic) bond motifs is 1. The minimum Gasteiger partial charge on any atom is -0.282 e. The molecule has 4 rings (SSSR count). The highest BCUT2D eigenvalue weighted by atomic mass is 32.2. The van der Waals surface area contributed by atoms with Gasteiger partial charge in [-0.2, -0.15) is 17.3 Å². The number of rotatable bonds is 5. The fourth-order valence-electron chi connectivity index (χ4n) is 2.91. The van der Waals surface area contributed by atoms with Crippen molar-refractivity contribution in [2.45, 2.75) is 6.18 Å². The molecule has 0 aliphatic carbocycles. The van der Waals surface area contributed by atoms with Gasteiger partial charge in [0.25, 0.3) is 5.91 Å². The Balaban J connectivity index is 1.27. The molecule has 0 fully saturated rings. The van der Waals surface area contributed by atoms with E-state index in [-0.39, 0.29) is 5.56 Å². The van der Waals surface area contributed by atoms with E-state index in [1.165, 1.54) is 12.1 Å². The number of carbonyl (C=O) groups is 2. The molecule has 3 aromatic rings. The van der Waals surface area contributed by atoms with Crippen LogP contribution in [0.4, 0.5) is 29.3 Å². The Kier molecular flexibility index (Phi) is 5.94. The molecular formula is C21H14F3N3O2S2. The molecule has 0 unspecified atom stereocenters. The molecule has 10 heteroatoms. The minimum atomic E-state index is -4.49. The van der Waals surface area contributed by atoms with Gasteiger partial charge in [0.15, 0.2) is 0 Å². The van der Waals surface area contributed by atoms with E-state index in [9.17, 15) is 22.8 Å². The molecule has 1 heterocycles. The lowest BCUT2D eigenvalue weighted by Crippen LogP contribution is -2.28. The van der Waals surface area contributed by atoms with Gasteiger partial charge in [-0.05, 0) is 35.9 Å². The van der Waals surface area contributed by atoms with Crippen LogP contribution < -0.4 is 13.7 Å². The Labute approximate surface area is 184 Å². The Morgan fingerprint density at radius 1 is 0.871 bits per heavy atom. The SMILES string of the molecule is O=C(NC(=O)c1ccc(C(F)(F)F)cc1)SNSN1c2cccc(-c3ccccc3)c21. The third-order valence-electron chi connectivity index (χ3n) is 4.42. The number of amides is 2. The molecule has 0 bridgehead atoms. The van der Waals surface area contributed by atoms with Crippen molar-refractivity contribution in [1.29, 1.82) is 0 Å². The second-order valence-corrected chi connectivity index (χ2v) is 8.22. The van der Waals surface area contributed by atoms with Crippen molar-refractivity contribution in [3.05, 3.63) is 83.9 Å². The van der Waals surface area contributed by atoms with E-state index in [2.05, 4.69) is 9.44 Å². The first-order valence-electron chi connectivity index (χ1n) is 8.94. The maximum Gasteiger partial charge on any atom is 0.416 e. The molecule has 31 heavy (non-hydrogen) atoms. The number of hydrogen-bond acceptors (Lipinski definition) is 6. The van der Waals surface area contributed by atoms with Gasteiger partial charge < -0.3 is 0 Å². The van der Waals surface area contributed by atoms with Crippen molar-refractivity contribution in [2.75, 3.05) is 4.31 Å². The number of nitrogens with zero attached hydrogens (tertiary/aromatic N) is 1. The number of imide groups is 1. The zero-order valence-electron chi connectivity index (χ0n) is 15.6. The van der Waals surface area contributed by atoms with Crippen LogP contribution in [0.1, 0.15) is 15.9 Å². The highest BCUT2D eigenvalue weighted by Crippen LogP contribution is 2.57. The minimum absolute atomic E-state index is 0.0412. The molecule has 0 radical (unpaired) electrons. The Hall–Kier alpha value is -2.95. The van der Waals surface area contributed by atoms with Crippen molar-refractivity contribution in [1.82, 2.24) is 9.44 Å². The van der Waals surface area contributed by atoms with Crippen LogP contribution in [0.15, 0.2) is 72.8 Å². The van der Waals surface area contributed by atoms with E-state index in [0.29, 0.717) is 11.9 Å². The summed E-state index contributed by atoms with van der Waals surface area (Å²) in [5.41, 5.74) is 3.29. The predicted molar refractivity (Wildman–Crippen MR) is 117 cm³/mol. The molecule has 3 aromatic carbocycles. The Morgan fingerprint density at radius 3 is 2.26 bits per heavy atom. The van der Waals surface area contributed by atoms with Crippen molar-refractivity contribution in [3.63, 3.8) is 0 Å². The lowest BCUT2D eigenvalue weighted by Gasteiger charge is -2.08. The number of carbonyl (C=O) groups excluding carboxylic acids is 2. The van der Waals surface area contributed by atoms with Gasteiger partial charge in [0, 0.05) is 23.1 Å². The first kappa shape index (κ1) is 21.3. The third-order valence-corrected chi connectivity index (χ3v) is 5.91. The molecule has 0 saturated carbocycles. The summed E-state index contributed by atoms with van der Waals surface area (Å²) in [6.07, 6.45) is -4.49. The van der Waals surface area contributed by atoms with Gasteiger partial charge in [0.2, 0.25) is 0 Å². The van der Waals surface area contributed by atoms with E-state index >= 15 is 0 Å². The number of anilines is 2. The van der Waals surface area contributed by atoms with Crippen molar-refractivity contribution < 1.29 is 22.8 Å². The summed E-state index contributed by atoms with van der Waals surface area (Å²) in [4.78, 5) is 24.0. The summed E-state index contributed by atoms with van der Waals surface area (Å²) in [5.74, 6) is -0.778. The number of alkyl halides is 3. The largest absolute Gasteiger partial charge is 0.416 e. The van der Waals surface area contributed by atoms with Gasteiger partial charge in [-0.25, -0.2) is 0 Å². The molecular weight excluding hydrogens is 447 g/mol. The van der Waals surface area contributed by atoms with Crippen LogP contribution in [0.25, 0.3) is 11.1 Å². The number of para-hydroxylation sites is 1. The number of hydrogen-bond donors (Lipinski definition) is 2. The Morgan fingerprint density at radius 2 is 1.58 bits per heavy atom. The van der Waals surface area contributed by atoms with Crippen molar-refractivity contribution in [2.24, 2.45) is 0 Å². The average molecular weight is 461 g/mol. The summed E-state index contributed by atoms with van der Waals surface area (Å²) < 4.78 is 42.5. The van der Waals surface area contributed by atoms with E-state index in [4.69, 9.17) is 0 Å². The van der Waals surface area contributed by atoms with E-state index in [1.54, 1.807) is 0 Å². The number of benzene rings is 3. The van der Waals surface area contributed by atoms with Gasteiger partial charge in [0.05, 0.1) is 29.1 Å². The number of halogens is 3.